The number of nitrogens with one attached hydrogen (secondary N) is 3. The van der Waals surface area contributed by atoms with Gasteiger partial charge < -0.3 is 39.4 Å². The van der Waals surface area contributed by atoms with Crippen LogP contribution < -0.4 is 35.0 Å². The predicted octanol–water partition coefficient (Wildman–Crippen LogP) is 5.26. The van der Waals surface area contributed by atoms with Crippen molar-refractivity contribution in [2.45, 2.75) is 46.6 Å². The number of rotatable bonds is 15. The van der Waals surface area contributed by atoms with Gasteiger partial charge in [0.2, 0.25) is 0 Å². The average molecular weight is 712 g/mol. The lowest BCUT2D eigenvalue weighted by Crippen LogP contribution is -2.45. The zero-order valence-corrected chi connectivity index (χ0v) is 28.5. The first kappa shape index (κ1) is 35.1. The molecular formula is C34H39BrN4O8. The standard InChI is InChI=1S/C34H39BrN4O8/c1-6-44-27-16-24(31-30(33(41)43-5)21(4)37-34(42)38-31)11-12-26(27)46-19-29(40)39-36-17-23-14-25(35)32(28(15-23)45-7-2)47-18-22-10-8-9-20(3)13-22/h8-17,29,31,39-40H,6-7,18-19H2,1-5H3,(H2,37,38,42)/b36-17-/t29-,31-/m1/s1. The molecule has 3 aromatic rings. The summed E-state index contributed by atoms with van der Waals surface area (Å²) in [6.07, 6.45) is 0.385. The monoisotopic (exact) mass is 710 g/mol. The number of nitrogens with zero attached hydrogens (tertiary/aromatic N) is 1. The van der Waals surface area contributed by atoms with Crippen LogP contribution in [-0.4, -0.2) is 56.5 Å². The number of halogens is 1. The molecule has 47 heavy (non-hydrogen) atoms. The van der Waals surface area contributed by atoms with Crippen LogP contribution in [0.1, 0.15) is 49.1 Å². The Morgan fingerprint density at radius 2 is 1.79 bits per heavy atom. The molecule has 0 fully saturated rings. The Balaban J connectivity index is 1.40. The maximum atomic E-state index is 12.5. The minimum atomic E-state index is -1.16. The average Bonchev–Trinajstić information content (AvgIpc) is 3.03. The van der Waals surface area contributed by atoms with Crippen molar-refractivity contribution in [3.63, 3.8) is 0 Å². The van der Waals surface area contributed by atoms with Crippen LogP contribution in [0.25, 0.3) is 0 Å². The summed E-state index contributed by atoms with van der Waals surface area (Å²) in [6.45, 7) is 8.37. The van der Waals surface area contributed by atoms with Gasteiger partial charge in [-0.25, -0.2) is 9.59 Å². The summed E-state index contributed by atoms with van der Waals surface area (Å²) in [6, 6.07) is 15.5. The van der Waals surface area contributed by atoms with Crippen LogP contribution >= 0.6 is 15.9 Å². The van der Waals surface area contributed by atoms with Crippen molar-refractivity contribution in [1.82, 2.24) is 16.1 Å². The molecule has 1 heterocycles. The van der Waals surface area contributed by atoms with Crippen LogP contribution in [0.2, 0.25) is 0 Å². The normalized spacial score (nSPS) is 15.0. The topological polar surface area (TPSA) is 149 Å². The molecule has 250 valence electrons. The minimum absolute atomic E-state index is 0.160. The van der Waals surface area contributed by atoms with Gasteiger partial charge in [-0.3, -0.25) is 5.43 Å². The van der Waals surface area contributed by atoms with Crippen LogP contribution in [0.4, 0.5) is 4.79 Å². The van der Waals surface area contributed by atoms with E-state index in [-0.39, 0.29) is 12.2 Å². The highest BCUT2D eigenvalue weighted by molar-refractivity contribution is 9.10. The highest BCUT2D eigenvalue weighted by Gasteiger charge is 2.32. The summed E-state index contributed by atoms with van der Waals surface area (Å²) >= 11 is 3.58. The summed E-state index contributed by atoms with van der Waals surface area (Å²) in [5.41, 5.74) is 6.80. The lowest BCUT2D eigenvalue weighted by molar-refractivity contribution is -0.136. The fourth-order valence-corrected chi connectivity index (χ4v) is 5.42. The second-order valence-electron chi connectivity index (χ2n) is 10.5. The van der Waals surface area contributed by atoms with E-state index in [0.29, 0.717) is 64.1 Å². The molecule has 0 aliphatic carbocycles. The highest BCUT2D eigenvalue weighted by atomic mass is 79.9. The molecule has 1 aliphatic rings. The molecule has 0 saturated carbocycles. The third kappa shape index (κ3) is 9.39. The van der Waals surface area contributed by atoms with Gasteiger partial charge in [-0.2, -0.15) is 5.10 Å². The van der Waals surface area contributed by atoms with Crippen LogP contribution in [0.15, 0.2) is 75.4 Å². The number of esters is 1. The summed E-state index contributed by atoms with van der Waals surface area (Å²) < 4.78 is 29.1. The molecule has 0 saturated heterocycles. The van der Waals surface area contributed by atoms with Crippen molar-refractivity contribution >= 4 is 34.1 Å². The fraction of sp³-hybridized carbons (Fsp3) is 0.324. The minimum Gasteiger partial charge on any atom is -0.490 e. The number of aliphatic hydroxyl groups is 1. The van der Waals surface area contributed by atoms with Crippen LogP contribution in [0.5, 0.6) is 23.0 Å². The quantitative estimate of drug-likeness (QED) is 0.0718. The highest BCUT2D eigenvalue weighted by Crippen LogP contribution is 2.37. The molecule has 4 N–H and O–H groups in total. The summed E-state index contributed by atoms with van der Waals surface area (Å²) in [4.78, 5) is 24.7. The number of hydrogen-bond donors (Lipinski definition) is 4. The van der Waals surface area contributed by atoms with E-state index in [4.69, 9.17) is 23.7 Å². The Morgan fingerprint density at radius 3 is 2.51 bits per heavy atom. The molecule has 0 radical (unpaired) electrons. The van der Waals surface area contributed by atoms with Gasteiger partial charge in [-0.05, 0) is 84.6 Å². The molecule has 3 aromatic carbocycles. The van der Waals surface area contributed by atoms with Gasteiger partial charge in [-0.15, -0.1) is 0 Å². The van der Waals surface area contributed by atoms with Crippen molar-refractivity contribution in [2.75, 3.05) is 26.9 Å². The summed E-state index contributed by atoms with van der Waals surface area (Å²) in [5.74, 6) is 1.29. The largest absolute Gasteiger partial charge is 0.490 e. The number of urea groups is 1. The molecule has 12 nitrogen and oxygen atoms in total. The SMILES string of the molecule is CCOc1cc([C@H]2NC(=O)NC(C)=C2C(=O)OC)ccc1OC[C@@H](O)N/N=C\c1cc(Br)c(OCc2cccc(C)c2)c(OCC)c1. The molecule has 0 spiro atoms. The lowest BCUT2D eigenvalue weighted by atomic mass is 9.95. The summed E-state index contributed by atoms with van der Waals surface area (Å²) in [5, 5.41) is 20.0. The zero-order chi connectivity index (χ0) is 33.9. The lowest BCUT2D eigenvalue weighted by Gasteiger charge is -2.28. The van der Waals surface area contributed by atoms with Crippen LogP contribution in [0, 0.1) is 6.92 Å². The van der Waals surface area contributed by atoms with Gasteiger partial charge >= 0.3 is 12.0 Å². The van der Waals surface area contributed by atoms with E-state index in [9.17, 15) is 14.7 Å². The molecule has 13 heteroatoms. The van der Waals surface area contributed by atoms with E-state index < -0.39 is 24.3 Å². The van der Waals surface area contributed by atoms with E-state index in [2.05, 4.69) is 43.2 Å². The molecule has 0 bridgehead atoms. The molecule has 0 aromatic heterocycles. The fourth-order valence-electron chi connectivity index (χ4n) is 4.84. The maximum Gasteiger partial charge on any atom is 0.337 e. The number of aryl methyl sites for hydroxylation is 1. The van der Waals surface area contributed by atoms with E-state index in [1.165, 1.54) is 7.11 Å². The third-order valence-corrected chi connectivity index (χ3v) is 7.50. The molecule has 0 unspecified atom stereocenters. The number of methoxy groups -OCH3 is 1. The maximum absolute atomic E-state index is 12.5. The van der Waals surface area contributed by atoms with E-state index in [1.54, 1.807) is 37.4 Å². The zero-order valence-electron chi connectivity index (χ0n) is 26.9. The number of aliphatic hydroxyl groups excluding tert-OH is 1. The van der Waals surface area contributed by atoms with Gasteiger partial charge in [0, 0.05) is 5.70 Å². The second-order valence-corrected chi connectivity index (χ2v) is 11.3. The van der Waals surface area contributed by atoms with Gasteiger partial charge in [0.05, 0.1) is 42.6 Å². The smallest absolute Gasteiger partial charge is 0.337 e. The van der Waals surface area contributed by atoms with Gasteiger partial charge in [0.1, 0.15) is 13.2 Å². The Labute approximate surface area is 282 Å². The summed E-state index contributed by atoms with van der Waals surface area (Å²) in [7, 11) is 1.28. The number of amides is 2. The van der Waals surface area contributed by atoms with Gasteiger partial charge in [-0.1, -0.05) is 35.9 Å². The first-order valence-corrected chi connectivity index (χ1v) is 15.8. The number of hydrogen-bond acceptors (Lipinski definition) is 10. The van der Waals surface area contributed by atoms with E-state index >= 15 is 0 Å². The Bertz CT molecular complexity index is 1640. The number of benzene rings is 3. The first-order valence-electron chi connectivity index (χ1n) is 15.0. The number of hydrazone groups is 1. The molecule has 4 rings (SSSR count). The van der Waals surface area contributed by atoms with E-state index in [0.717, 1.165) is 11.1 Å². The van der Waals surface area contributed by atoms with Crippen molar-refractivity contribution in [1.29, 1.82) is 0 Å². The molecule has 1 aliphatic heterocycles. The molecule has 2 amide bonds. The van der Waals surface area contributed by atoms with E-state index in [1.807, 2.05) is 45.0 Å². The van der Waals surface area contributed by atoms with Crippen molar-refractivity contribution in [3.8, 4) is 23.0 Å². The van der Waals surface area contributed by atoms with Crippen molar-refractivity contribution in [3.05, 3.63) is 92.6 Å². The number of allylic oxidation sites excluding steroid dienone is 1. The predicted molar refractivity (Wildman–Crippen MR) is 180 cm³/mol. The first-order chi connectivity index (χ1) is 22.6. The molecular weight excluding hydrogens is 672 g/mol. The van der Waals surface area contributed by atoms with Gasteiger partial charge in [0.25, 0.3) is 0 Å². The number of carbonyl (C=O) groups excluding carboxylic acids is 2. The van der Waals surface area contributed by atoms with Crippen molar-refractivity contribution < 1.29 is 38.4 Å². The van der Waals surface area contributed by atoms with Gasteiger partial charge in [0.15, 0.2) is 29.2 Å². The molecule has 2 atom stereocenters. The van der Waals surface area contributed by atoms with Crippen LogP contribution in [0.3, 0.4) is 0 Å². The van der Waals surface area contributed by atoms with Crippen LogP contribution in [-0.2, 0) is 16.1 Å². The number of ether oxygens (including phenoxy) is 5. The number of carbonyl (C=O) groups is 2. The Morgan fingerprint density at radius 1 is 1.02 bits per heavy atom. The van der Waals surface area contributed by atoms with Crippen molar-refractivity contribution in [2.24, 2.45) is 5.10 Å². The Kier molecular flexibility index (Phi) is 12.5. The Hall–Kier alpha value is -4.75. The second kappa shape index (κ2) is 16.7. The third-order valence-electron chi connectivity index (χ3n) is 6.91.